The first-order chi connectivity index (χ1) is 9.43. The van der Waals surface area contributed by atoms with Gasteiger partial charge in [0.25, 0.3) is 0 Å². The number of ether oxygens (including phenoxy) is 1. The van der Waals surface area contributed by atoms with E-state index in [4.69, 9.17) is 4.74 Å². The highest BCUT2D eigenvalue weighted by Crippen LogP contribution is 2.38. The van der Waals surface area contributed by atoms with Gasteiger partial charge in [0.05, 0.1) is 6.10 Å². The first-order valence-electron chi connectivity index (χ1n) is 7.53. The predicted octanol–water partition coefficient (Wildman–Crippen LogP) is 3.47. The molecular formula is C17H26FNO. The lowest BCUT2D eigenvalue weighted by Crippen LogP contribution is -2.43. The molecule has 1 aliphatic heterocycles. The Morgan fingerprint density at radius 3 is 2.75 bits per heavy atom. The summed E-state index contributed by atoms with van der Waals surface area (Å²) < 4.78 is 19.1. The van der Waals surface area contributed by atoms with Gasteiger partial charge in [0, 0.05) is 24.6 Å². The Kier molecular flexibility index (Phi) is 4.82. The van der Waals surface area contributed by atoms with Gasteiger partial charge in [-0.2, -0.15) is 0 Å². The van der Waals surface area contributed by atoms with Gasteiger partial charge in [-0.15, -0.1) is 0 Å². The second-order valence-corrected chi connectivity index (χ2v) is 6.41. The number of hydrogen-bond acceptors (Lipinski definition) is 2. The molecule has 1 heterocycles. The minimum Gasteiger partial charge on any atom is -0.378 e. The molecule has 2 atom stereocenters. The number of nitrogens with one attached hydrogen (secondary N) is 1. The van der Waals surface area contributed by atoms with Crippen LogP contribution in [0.3, 0.4) is 0 Å². The maximum atomic E-state index is 13.3. The maximum Gasteiger partial charge on any atom is 0.123 e. The fourth-order valence-corrected chi connectivity index (χ4v) is 2.99. The van der Waals surface area contributed by atoms with Gasteiger partial charge in [-0.25, -0.2) is 4.39 Å². The molecule has 1 aromatic rings. The van der Waals surface area contributed by atoms with Crippen molar-refractivity contribution in [2.75, 3.05) is 13.2 Å². The van der Waals surface area contributed by atoms with Crippen LogP contribution in [0.15, 0.2) is 18.2 Å². The van der Waals surface area contributed by atoms with Crippen LogP contribution < -0.4 is 5.32 Å². The van der Waals surface area contributed by atoms with E-state index < -0.39 is 0 Å². The third-order valence-corrected chi connectivity index (χ3v) is 4.54. The van der Waals surface area contributed by atoms with Crippen molar-refractivity contribution in [3.05, 3.63) is 35.1 Å². The molecule has 1 saturated heterocycles. The van der Waals surface area contributed by atoms with Crippen molar-refractivity contribution in [2.45, 2.75) is 52.7 Å². The van der Waals surface area contributed by atoms with Gasteiger partial charge < -0.3 is 10.1 Å². The Labute approximate surface area is 121 Å². The summed E-state index contributed by atoms with van der Waals surface area (Å²) in [4.78, 5) is 0. The van der Waals surface area contributed by atoms with E-state index in [0.29, 0.717) is 6.04 Å². The molecule has 1 fully saturated rings. The molecule has 0 radical (unpaired) electrons. The largest absolute Gasteiger partial charge is 0.378 e. The first kappa shape index (κ1) is 15.5. The molecular weight excluding hydrogens is 253 g/mol. The number of aryl methyl sites for hydroxylation is 1. The quantitative estimate of drug-likeness (QED) is 0.891. The number of rotatable bonds is 5. The summed E-state index contributed by atoms with van der Waals surface area (Å²) in [6.07, 6.45) is 2.24. The monoisotopic (exact) mass is 279 g/mol. The van der Waals surface area contributed by atoms with Crippen LogP contribution in [0.2, 0.25) is 0 Å². The van der Waals surface area contributed by atoms with Crippen molar-refractivity contribution in [3.63, 3.8) is 0 Å². The third-order valence-electron chi connectivity index (χ3n) is 4.54. The molecule has 1 aromatic carbocycles. The molecule has 2 nitrogen and oxygen atoms in total. The third kappa shape index (κ3) is 3.39. The molecule has 0 spiro atoms. The van der Waals surface area contributed by atoms with Crippen LogP contribution in [0.1, 0.15) is 38.3 Å². The van der Waals surface area contributed by atoms with E-state index in [2.05, 4.69) is 26.1 Å². The van der Waals surface area contributed by atoms with E-state index in [-0.39, 0.29) is 17.3 Å². The lowest BCUT2D eigenvalue weighted by Gasteiger charge is -2.34. The SMILES string of the molecule is Cc1cc(F)ccc1CC1(CNC(C)C)CCOC1C. The Morgan fingerprint density at radius 2 is 2.20 bits per heavy atom. The normalized spacial score (nSPS) is 26.4. The summed E-state index contributed by atoms with van der Waals surface area (Å²) in [6, 6.07) is 5.58. The Balaban J connectivity index is 2.19. The van der Waals surface area contributed by atoms with Crippen molar-refractivity contribution >= 4 is 0 Å². The standard InChI is InChI=1S/C17H26FNO/c1-12(2)19-11-17(7-8-20-14(17)4)10-15-5-6-16(18)9-13(15)3/h5-6,9,12,14,19H,7-8,10-11H2,1-4H3. The second-order valence-electron chi connectivity index (χ2n) is 6.41. The summed E-state index contributed by atoms with van der Waals surface area (Å²) in [5.74, 6) is -0.156. The zero-order chi connectivity index (χ0) is 14.8. The van der Waals surface area contributed by atoms with Crippen molar-refractivity contribution in [1.82, 2.24) is 5.32 Å². The van der Waals surface area contributed by atoms with Crippen molar-refractivity contribution < 1.29 is 9.13 Å². The average molecular weight is 279 g/mol. The molecule has 2 unspecified atom stereocenters. The van der Waals surface area contributed by atoms with Gasteiger partial charge in [0.2, 0.25) is 0 Å². The Bertz CT molecular complexity index is 460. The molecule has 20 heavy (non-hydrogen) atoms. The highest BCUT2D eigenvalue weighted by Gasteiger charge is 2.41. The summed E-state index contributed by atoms with van der Waals surface area (Å²) in [7, 11) is 0. The predicted molar refractivity (Wildman–Crippen MR) is 80.4 cm³/mol. The summed E-state index contributed by atoms with van der Waals surface area (Å²) >= 11 is 0. The van der Waals surface area contributed by atoms with Gasteiger partial charge in [0.1, 0.15) is 5.82 Å². The van der Waals surface area contributed by atoms with Crippen molar-refractivity contribution in [1.29, 1.82) is 0 Å². The van der Waals surface area contributed by atoms with Gasteiger partial charge in [0.15, 0.2) is 0 Å². The molecule has 3 heteroatoms. The van der Waals surface area contributed by atoms with Crippen LogP contribution in [-0.4, -0.2) is 25.3 Å². The molecule has 0 amide bonds. The van der Waals surface area contributed by atoms with Crippen LogP contribution in [-0.2, 0) is 11.2 Å². The van der Waals surface area contributed by atoms with Crippen molar-refractivity contribution in [2.24, 2.45) is 5.41 Å². The second kappa shape index (κ2) is 6.23. The van der Waals surface area contributed by atoms with Crippen LogP contribution >= 0.6 is 0 Å². The summed E-state index contributed by atoms with van der Waals surface area (Å²) in [6.45, 7) is 10.2. The number of benzene rings is 1. The molecule has 1 aliphatic rings. The highest BCUT2D eigenvalue weighted by molar-refractivity contribution is 5.28. The average Bonchev–Trinajstić information content (AvgIpc) is 2.73. The van der Waals surface area contributed by atoms with Crippen LogP contribution in [0.4, 0.5) is 4.39 Å². The minimum absolute atomic E-state index is 0.118. The fraction of sp³-hybridized carbons (Fsp3) is 0.647. The van der Waals surface area contributed by atoms with Gasteiger partial charge in [-0.3, -0.25) is 0 Å². The summed E-state index contributed by atoms with van der Waals surface area (Å²) in [5.41, 5.74) is 2.38. The molecule has 0 bridgehead atoms. The number of halogens is 1. The topological polar surface area (TPSA) is 21.3 Å². The van der Waals surface area contributed by atoms with Gasteiger partial charge >= 0.3 is 0 Å². The first-order valence-corrected chi connectivity index (χ1v) is 7.53. The number of hydrogen-bond donors (Lipinski definition) is 1. The zero-order valence-electron chi connectivity index (χ0n) is 13.0. The molecule has 112 valence electrons. The van der Waals surface area contributed by atoms with E-state index in [0.717, 1.165) is 31.6 Å². The Morgan fingerprint density at radius 1 is 1.45 bits per heavy atom. The van der Waals surface area contributed by atoms with E-state index >= 15 is 0 Å². The molecule has 2 rings (SSSR count). The van der Waals surface area contributed by atoms with E-state index in [9.17, 15) is 4.39 Å². The van der Waals surface area contributed by atoms with Crippen molar-refractivity contribution in [3.8, 4) is 0 Å². The summed E-state index contributed by atoms with van der Waals surface area (Å²) in [5, 5.41) is 3.56. The molecule has 0 aliphatic carbocycles. The minimum atomic E-state index is -0.156. The van der Waals surface area contributed by atoms with Gasteiger partial charge in [-0.05, 0) is 49.9 Å². The van der Waals surface area contributed by atoms with Crippen LogP contribution in [0.25, 0.3) is 0 Å². The maximum absolute atomic E-state index is 13.3. The van der Waals surface area contributed by atoms with E-state index in [1.165, 1.54) is 5.56 Å². The zero-order valence-corrected chi connectivity index (χ0v) is 13.0. The van der Waals surface area contributed by atoms with E-state index in [1.807, 2.05) is 13.0 Å². The lowest BCUT2D eigenvalue weighted by molar-refractivity contribution is 0.0620. The Hall–Kier alpha value is -0.930. The molecule has 0 saturated carbocycles. The van der Waals surface area contributed by atoms with Crippen LogP contribution in [0.5, 0.6) is 0 Å². The van der Waals surface area contributed by atoms with E-state index in [1.54, 1.807) is 12.1 Å². The smallest absolute Gasteiger partial charge is 0.123 e. The highest BCUT2D eigenvalue weighted by atomic mass is 19.1. The van der Waals surface area contributed by atoms with Crippen LogP contribution in [0, 0.1) is 18.2 Å². The van der Waals surface area contributed by atoms with Gasteiger partial charge in [-0.1, -0.05) is 19.9 Å². The fourth-order valence-electron chi connectivity index (χ4n) is 2.99. The molecule has 0 aromatic heterocycles. The lowest BCUT2D eigenvalue weighted by atomic mass is 9.75. The molecule has 1 N–H and O–H groups in total.